The normalized spacial score (nSPS) is 26.6. The number of ketones is 1. The third kappa shape index (κ3) is 3.13. The second-order valence-corrected chi connectivity index (χ2v) is 6.89. The van der Waals surface area contributed by atoms with Gasteiger partial charge in [-0.25, -0.2) is 0 Å². The molecule has 3 atom stereocenters. The zero-order valence-corrected chi connectivity index (χ0v) is 13.6. The number of carbonyl (C=O) groups excluding carboxylic acids is 1. The highest BCUT2D eigenvalue weighted by Crippen LogP contribution is 2.35. The summed E-state index contributed by atoms with van der Waals surface area (Å²) in [5.74, 6) is 1.97. The van der Waals surface area contributed by atoms with Crippen LogP contribution in [0.5, 0.6) is 0 Å². The summed E-state index contributed by atoms with van der Waals surface area (Å²) < 4.78 is 0. The van der Waals surface area contributed by atoms with Crippen LogP contribution in [0.25, 0.3) is 0 Å². The van der Waals surface area contributed by atoms with Crippen molar-refractivity contribution in [2.24, 2.45) is 17.8 Å². The third-order valence-corrected chi connectivity index (χ3v) is 5.31. The Morgan fingerprint density at radius 1 is 1.10 bits per heavy atom. The quantitative estimate of drug-likeness (QED) is 0.772. The monoisotopic (exact) mass is 272 g/mol. The molecule has 20 heavy (non-hydrogen) atoms. The average Bonchev–Trinajstić information content (AvgIpc) is 2.36. The van der Waals surface area contributed by atoms with Crippen LogP contribution in [-0.2, 0) is 11.2 Å². The summed E-state index contributed by atoms with van der Waals surface area (Å²) in [6, 6.07) is 4.39. The van der Waals surface area contributed by atoms with E-state index in [-0.39, 0.29) is 5.92 Å². The Morgan fingerprint density at radius 3 is 2.30 bits per heavy atom. The molecule has 0 amide bonds. The smallest absolute Gasteiger partial charge is 0.140 e. The maximum absolute atomic E-state index is 12.7. The maximum atomic E-state index is 12.7. The Balaban J connectivity index is 2.16. The number of aryl methyl sites for hydroxylation is 3. The molecule has 0 N–H and O–H groups in total. The average molecular weight is 272 g/mol. The van der Waals surface area contributed by atoms with E-state index in [4.69, 9.17) is 0 Å². The van der Waals surface area contributed by atoms with Crippen molar-refractivity contribution < 1.29 is 4.79 Å². The zero-order valence-electron chi connectivity index (χ0n) is 13.6. The molecule has 0 bridgehead atoms. The molecular formula is C19H28O. The minimum Gasteiger partial charge on any atom is -0.299 e. The van der Waals surface area contributed by atoms with Crippen molar-refractivity contribution in [1.82, 2.24) is 0 Å². The van der Waals surface area contributed by atoms with E-state index in [1.165, 1.54) is 35.1 Å². The minimum absolute atomic E-state index is 0.277. The third-order valence-electron chi connectivity index (χ3n) is 5.31. The number of rotatable bonds is 3. The molecule has 1 saturated carbocycles. The Labute approximate surface area is 123 Å². The number of hydrogen-bond acceptors (Lipinski definition) is 1. The van der Waals surface area contributed by atoms with Gasteiger partial charge in [0.2, 0.25) is 0 Å². The number of benzene rings is 1. The van der Waals surface area contributed by atoms with Crippen LogP contribution in [0, 0.1) is 38.5 Å². The maximum Gasteiger partial charge on any atom is 0.140 e. The molecule has 1 aliphatic carbocycles. The molecule has 0 saturated heterocycles. The largest absolute Gasteiger partial charge is 0.299 e. The van der Waals surface area contributed by atoms with Crippen LogP contribution >= 0.6 is 0 Å². The van der Waals surface area contributed by atoms with Crippen molar-refractivity contribution in [3.05, 3.63) is 34.4 Å². The van der Waals surface area contributed by atoms with Gasteiger partial charge in [0.1, 0.15) is 5.78 Å². The number of carbonyl (C=O) groups is 1. The van der Waals surface area contributed by atoms with Crippen LogP contribution in [0.2, 0.25) is 0 Å². The van der Waals surface area contributed by atoms with E-state index in [1.807, 2.05) is 0 Å². The van der Waals surface area contributed by atoms with Crippen LogP contribution in [0.15, 0.2) is 12.1 Å². The van der Waals surface area contributed by atoms with E-state index in [9.17, 15) is 4.79 Å². The van der Waals surface area contributed by atoms with Gasteiger partial charge in [-0.05, 0) is 55.7 Å². The lowest BCUT2D eigenvalue weighted by atomic mass is 9.71. The first-order valence-electron chi connectivity index (χ1n) is 7.99. The lowest BCUT2D eigenvalue weighted by Gasteiger charge is -2.33. The van der Waals surface area contributed by atoms with Crippen molar-refractivity contribution in [2.45, 2.75) is 60.3 Å². The van der Waals surface area contributed by atoms with Gasteiger partial charge in [0, 0.05) is 12.3 Å². The summed E-state index contributed by atoms with van der Waals surface area (Å²) in [7, 11) is 0. The summed E-state index contributed by atoms with van der Waals surface area (Å²) >= 11 is 0. The minimum atomic E-state index is 0.277. The highest BCUT2D eigenvalue weighted by atomic mass is 16.1. The lowest BCUT2D eigenvalue weighted by molar-refractivity contribution is -0.125. The molecule has 0 spiro atoms. The van der Waals surface area contributed by atoms with E-state index in [0.717, 1.165) is 6.42 Å². The van der Waals surface area contributed by atoms with Gasteiger partial charge in [-0.3, -0.25) is 4.79 Å². The molecule has 0 aromatic heterocycles. The van der Waals surface area contributed by atoms with Gasteiger partial charge in [0.15, 0.2) is 0 Å². The van der Waals surface area contributed by atoms with Gasteiger partial charge in [0.05, 0.1) is 0 Å². The van der Waals surface area contributed by atoms with E-state index >= 15 is 0 Å². The molecule has 1 fully saturated rings. The molecule has 2 rings (SSSR count). The second-order valence-electron chi connectivity index (χ2n) is 6.89. The van der Waals surface area contributed by atoms with Gasteiger partial charge < -0.3 is 0 Å². The number of hydrogen-bond donors (Lipinski definition) is 0. The molecule has 1 aromatic carbocycles. The van der Waals surface area contributed by atoms with E-state index in [2.05, 4.69) is 46.8 Å². The summed E-state index contributed by atoms with van der Waals surface area (Å²) in [6.07, 6.45) is 4.22. The van der Waals surface area contributed by atoms with Crippen LogP contribution < -0.4 is 0 Å². The molecule has 1 aliphatic rings. The molecule has 1 heteroatoms. The first-order valence-corrected chi connectivity index (χ1v) is 7.99. The fourth-order valence-electron chi connectivity index (χ4n) is 3.83. The molecule has 1 aromatic rings. The predicted octanol–water partition coefficient (Wildman–Crippen LogP) is 4.80. The van der Waals surface area contributed by atoms with E-state index in [0.29, 0.717) is 24.0 Å². The molecule has 1 nitrogen and oxygen atoms in total. The summed E-state index contributed by atoms with van der Waals surface area (Å²) in [5, 5.41) is 0. The second kappa shape index (κ2) is 6.11. The van der Waals surface area contributed by atoms with Crippen molar-refractivity contribution in [3.63, 3.8) is 0 Å². The fraction of sp³-hybridized carbons (Fsp3) is 0.632. The molecule has 0 aliphatic heterocycles. The van der Waals surface area contributed by atoms with Crippen molar-refractivity contribution in [3.8, 4) is 0 Å². The van der Waals surface area contributed by atoms with E-state index in [1.54, 1.807) is 0 Å². The Bertz CT molecular complexity index is 477. The van der Waals surface area contributed by atoms with Gasteiger partial charge in [-0.15, -0.1) is 0 Å². The van der Waals surface area contributed by atoms with Crippen LogP contribution in [0.4, 0.5) is 0 Å². The van der Waals surface area contributed by atoms with Crippen molar-refractivity contribution >= 4 is 5.78 Å². The summed E-state index contributed by atoms with van der Waals surface area (Å²) in [6.45, 7) is 11.0. The summed E-state index contributed by atoms with van der Waals surface area (Å²) in [4.78, 5) is 12.7. The van der Waals surface area contributed by atoms with Crippen LogP contribution in [0.1, 0.15) is 55.4 Å². The Kier molecular flexibility index (Phi) is 4.67. The van der Waals surface area contributed by atoms with Crippen LogP contribution in [-0.4, -0.2) is 5.78 Å². The fourth-order valence-corrected chi connectivity index (χ4v) is 3.83. The zero-order chi connectivity index (χ0) is 14.9. The van der Waals surface area contributed by atoms with Crippen LogP contribution in [0.3, 0.4) is 0 Å². The first kappa shape index (κ1) is 15.3. The molecule has 0 heterocycles. The van der Waals surface area contributed by atoms with Gasteiger partial charge in [-0.2, -0.15) is 0 Å². The van der Waals surface area contributed by atoms with Gasteiger partial charge >= 0.3 is 0 Å². The standard InChI is InChI=1S/C19H28O/c1-12-9-14(3)18(15(4)10-12)11-19(20)17-8-6-7-13(2)16(17)5/h9-10,13,16-17H,6-8,11H2,1-5H3. The number of Topliss-reactive ketones (excluding diaryl/α,β-unsaturated/α-hetero) is 1. The van der Waals surface area contributed by atoms with Crippen molar-refractivity contribution in [1.29, 1.82) is 0 Å². The molecule has 3 unspecified atom stereocenters. The SMILES string of the molecule is Cc1cc(C)c(CC(=O)C2CCCC(C)C2C)c(C)c1. The van der Waals surface area contributed by atoms with Gasteiger partial charge in [0.25, 0.3) is 0 Å². The Morgan fingerprint density at radius 2 is 1.70 bits per heavy atom. The highest BCUT2D eigenvalue weighted by Gasteiger charge is 2.32. The highest BCUT2D eigenvalue weighted by molar-refractivity contribution is 5.84. The first-order chi connectivity index (χ1) is 9.40. The molecule has 0 radical (unpaired) electrons. The topological polar surface area (TPSA) is 17.1 Å². The van der Waals surface area contributed by atoms with Gasteiger partial charge in [-0.1, -0.05) is 44.4 Å². The molecule has 110 valence electrons. The van der Waals surface area contributed by atoms with E-state index < -0.39 is 0 Å². The molecular weight excluding hydrogens is 244 g/mol. The predicted molar refractivity (Wildman–Crippen MR) is 85.0 cm³/mol. The van der Waals surface area contributed by atoms with Crippen molar-refractivity contribution in [2.75, 3.05) is 0 Å². The Hall–Kier alpha value is -1.11. The summed E-state index contributed by atoms with van der Waals surface area (Å²) in [5.41, 5.74) is 5.08. The lowest BCUT2D eigenvalue weighted by Crippen LogP contribution is -2.31.